The fourth-order valence-corrected chi connectivity index (χ4v) is 5.69. The number of aryl methyl sites for hydroxylation is 1. The van der Waals surface area contributed by atoms with Crippen molar-refractivity contribution in [1.29, 1.82) is 0 Å². The zero-order valence-corrected chi connectivity index (χ0v) is 22.2. The Kier molecular flexibility index (Phi) is 6.94. The average molecular weight is 517 g/mol. The van der Waals surface area contributed by atoms with E-state index in [4.69, 9.17) is 9.97 Å². The number of amides is 1. The smallest absolute Gasteiger partial charge is 0.260 e. The van der Waals surface area contributed by atoms with Gasteiger partial charge in [-0.3, -0.25) is 14.6 Å². The van der Waals surface area contributed by atoms with Gasteiger partial charge in [-0.05, 0) is 44.9 Å². The topological polar surface area (TPSA) is 107 Å². The molecule has 3 aromatic rings. The molecular formula is C27H36N10O. The van der Waals surface area contributed by atoms with Gasteiger partial charge >= 0.3 is 0 Å². The van der Waals surface area contributed by atoms with Crippen molar-refractivity contribution in [2.75, 3.05) is 60.9 Å². The third kappa shape index (κ3) is 4.71. The highest BCUT2D eigenvalue weighted by atomic mass is 16.2. The predicted octanol–water partition coefficient (Wildman–Crippen LogP) is 2.22. The van der Waals surface area contributed by atoms with Crippen LogP contribution in [0.2, 0.25) is 0 Å². The van der Waals surface area contributed by atoms with Crippen LogP contribution in [-0.2, 0) is 13.1 Å². The Morgan fingerprint density at radius 3 is 2.79 bits per heavy atom. The lowest BCUT2D eigenvalue weighted by Gasteiger charge is -2.27. The van der Waals surface area contributed by atoms with Crippen molar-refractivity contribution in [1.82, 2.24) is 34.9 Å². The molecule has 2 fully saturated rings. The Bertz CT molecular complexity index is 1300. The molecule has 0 aromatic carbocycles. The van der Waals surface area contributed by atoms with E-state index in [9.17, 15) is 4.79 Å². The third-order valence-corrected chi connectivity index (χ3v) is 7.88. The van der Waals surface area contributed by atoms with Gasteiger partial charge in [-0.1, -0.05) is 6.07 Å². The Labute approximate surface area is 223 Å². The first kappa shape index (κ1) is 24.7. The summed E-state index contributed by atoms with van der Waals surface area (Å²) < 4.78 is 1.94. The Balaban J connectivity index is 1.29. The second kappa shape index (κ2) is 10.7. The highest BCUT2D eigenvalue weighted by molar-refractivity contribution is 6.11. The van der Waals surface area contributed by atoms with Gasteiger partial charge in [-0.2, -0.15) is 0 Å². The second-order valence-electron chi connectivity index (χ2n) is 10.3. The van der Waals surface area contributed by atoms with Gasteiger partial charge in [-0.25, -0.2) is 9.97 Å². The van der Waals surface area contributed by atoms with Gasteiger partial charge in [0.25, 0.3) is 5.91 Å². The van der Waals surface area contributed by atoms with Crippen LogP contribution in [0.15, 0.2) is 30.6 Å². The molecule has 11 heteroatoms. The lowest BCUT2D eigenvalue weighted by Crippen LogP contribution is -2.45. The van der Waals surface area contributed by atoms with Gasteiger partial charge in [0.1, 0.15) is 29.5 Å². The van der Waals surface area contributed by atoms with E-state index in [1.165, 1.54) is 0 Å². The summed E-state index contributed by atoms with van der Waals surface area (Å²) in [5.74, 6) is 2.95. The number of hydrogen-bond donors (Lipinski definition) is 2. The van der Waals surface area contributed by atoms with Crippen molar-refractivity contribution >= 4 is 23.4 Å². The molecule has 1 amide bonds. The van der Waals surface area contributed by atoms with Gasteiger partial charge in [0, 0.05) is 64.0 Å². The van der Waals surface area contributed by atoms with E-state index in [0.29, 0.717) is 35.5 Å². The standard InChI is InChI=1S/C27H36N10O/c1-3-35-18-30-33-26(35)22-7-4-8-23(31-22)37-17-21-20(27(37)38)16-24(36-12-5-6-19(36)2)32-25(21)29-11-15-34-13-9-28-10-14-34/h4,7-8,16,18-19,28H,3,5-6,9-15,17H2,1-2H3,(H,29,32)/t19-/m1/s1. The Morgan fingerprint density at radius 1 is 1.13 bits per heavy atom. The van der Waals surface area contributed by atoms with Crippen LogP contribution in [0.4, 0.5) is 17.5 Å². The van der Waals surface area contributed by atoms with Gasteiger partial charge in [0.05, 0.1) is 12.1 Å². The SMILES string of the molecule is CCn1cnnc1-c1cccc(N2Cc3c(cc(N4CCC[C@H]4C)nc3NCCN3CCNCC3)C2=O)n1. The van der Waals surface area contributed by atoms with E-state index in [0.717, 1.165) is 82.4 Å². The molecule has 6 heterocycles. The van der Waals surface area contributed by atoms with E-state index >= 15 is 0 Å². The van der Waals surface area contributed by atoms with Crippen LogP contribution in [0.3, 0.4) is 0 Å². The summed E-state index contributed by atoms with van der Waals surface area (Å²) >= 11 is 0. The molecule has 0 unspecified atom stereocenters. The minimum absolute atomic E-state index is 0.0396. The molecule has 2 saturated heterocycles. The third-order valence-electron chi connectivity index (χ3n) is 7.88. The Hall–Kier alpha value is -3.57. The molecule has 1 atom stereocenters. The fourth-order valence-electron chi connectivity index (χ4n) is 5.69. The van der Waals surface area contributed by atoms with E-state index < -0.39 is 0 Å². The molecule has 3 aliphatic heterocycles. The normalized spacial score (nSPS) is 19.8. The predicted molar refractivity (Wildman–Crippen MR) is 148 cm³/mol. The number of hydrogen-bond acceptors (Lipinski definition) is 9. The molecule has 38 heavy (non-hydrogen) atoms. The van der Waals surface area contributed by atoms with Gasteiger partial charge < -0.3 is 20.1 Å². The molecule has 2 N–H and O–H groups in total. The van der Waals surface area contributed by atoms with Crippen molar-refractivity contribution in [2.45, 2.75) is 45.8 Å². The molecule has 3 aromatic heterocycles. The molecule has 0 bridgehead atoms. The molecule has 0 radical (unpaired) electrons. The fraction of sp³-hybridized carbons (Fsp3) is 0.519. The van der Waals surface area contributed by atoms with Crippen LogP contribution in [-0.4, -0.2) is 87.4 Å². The number of carbonyl (C=O) groups is 1. The summed E-state index contributed by atoms with van der Waals surface area (Å²) in [5, 5.41) is 15.3. The molecule has 3 aliphatic rings. The summed E-state index contributed by atoms with van der Waals surface area (Å²) in [7, 11) is 0. The molecule has 0 saturated carbocycles. The van der Waals surface area contributed by atoms with Crippen molar-refractivity contribution < 1.29 is 4.79 Å². The minimum Gasteiger partial charge on any atom is -0.368 e. The van der Waals surface area contributed by atoms with Crippen LogP contribution < -0.4 is 20.4 Å². The van der Waals surface area contributed by atoms with E-state index in [-0.39, 0.29) is 5.91 Å². The highest BCUT2D eigenvalue weighted by Crippen LogP contribution is 2.36. The van der Waals surface area contributed by atoms with Gasteiger partial charge in [-0.15, -0.1) is 10.2 Å². The number of carbonyl (C=O) groups excluding carboxylic acids is 1. The first-order valence-corrected chi connectivity index (χ1v) is 13.8. The zero-order chi connectivity index (χ0) is 26.1. The molecule has 200 valence electrons. The van der Waals surface area contributed by atoms with Crippen LogP contribution in [0.1, 0.15) is 42.6 Å². The summed E-state index contributed by atoms with van der Waals surface area (Å²) in [6, 6.07) is 8.11. The largest absolute Gasteiger partial charge is 0.368 e. The maximum atomic E-state index is 13.8. The van der Waals surface area contributed by atoms with Crippen LogP contribution >= 0.6 is 0 Å². The summed E-state index contributed by atoms with van der Waals surface area (Å²) in [6.07, 6.45) is 3.99. The maximum Gasteiger partial charge on any atom is 0.260 e. The summed E-state index contributed by atoms with van der Waals surface area (Å²) in [6.45, 7) is 12.3. The highest BCUT2D eigenvalue weighted by Gasteiger charge is 2.34. The molecule has 11 nitrogen and oxygen atoms in total. The van der Waals surface area contributed by atoms with Crippen LogP contribution in [0.25, 0.3) is 11.5 Å². The molecular weight excluding hydrogens is 480 g/mol. The van der Waals surface area contributed by atoms with Crippen LogP contribution in [0, 0.1) is 0 Å². The van der Waals surface area contributed by atoms with Gasteiger partial charge in [0.15, 0.2) is 5.82 Å². The number of aromatic nitrogens is 5. The van der Waals surface area contributed by atoms with Crippen molar-refractivity contribution in [3.05, 3.63) is 41.7 Å². The number of anilines is 3. The maximum absolute atomic E-state index is 13.8. The lowest BCUT2D eigenvalue weighted by molar-refractivity contribution is 0.0996. The number of nitrogens with zero attached hydrogens (tertiary/aromatic N) is 8. The van der Waals surface area contributed by atoms with E-state index in [2.05, 4.69) is 37.6 Å². The number of rotatable bonds is 8. The zero-order valence-electron chi connectivity index (χ0n) is 22.2. The summed E-state index contributed by atoms with van der Waals surface area (Å²) in [4.78, 5) is 30.2. The molecule has 0 aliphatic carbocycles. The first-order valence-electron chi connectivity index (χ1n) is 13.8. The minimum atomic E-state index is -0.0396. The lowest BCUT2D eigenvalue weighted by atomic mass is 10.1. The number of fused-ring (bicyclic) bond motifs is 1. The van der Waals surface area contributed by atoms with Gasteiger partial charge in [0.2, 0.25) is 0 Å². The monoisotopic (exact) mass is 516 g/mol. The van der Waals surface area contributed by atoms with Crippen LogP contribution in [0.5, 0.6) is 0 Å². The average Bonchev–Trinajstić information content (AvgIpc) is 3.68. The quantitative estimate of drug-likeness (QED) is 0.466. The summed E-state index contributed by atoms with van der Waals surface area (Å²) in [5.41, 5.74) is 2.35. The number of pyridine rings is 2. The number of piperazine rings is 1. The molecule has 6 rings (SSSR count). The van der Waals surface area contributed by atoms with Crippen molar-refractivity contribution in [2.24, 2.45) is 0 Å². The van der Waals surface area contributed by atoms with Crippen molar-refractivity contribution in [3.8, 4) is 11.5 Å². The van der Waals surface area contributed by atoms with Crippen molar-refractivity contribution in [3.63, 3.8) is 0 Å². The van der Waals surface area contributed by atoms with E-state index in [1.54, 1.807) is 11.2 Å². The second-order valence-corrected chi connectivity index (χ2v) is 10.3. The number of nitrogens with one attached hydrogen (secondary N) is 2. The molecule has 0 spiro atoms. The first-order chi connectivity index (χ1) is 18.6. The Morgan fingerprint density at radius 2 is 2.00 bits per heavy atom. The van der Waals surface area contributed by atoms with E-state index in [1.807, 2.05) is 35.8 Å².